The van der Waals surface area contributed by atoms with Crippen LogP contribution in [0.5, 0.6) is 0 Å². The summed E-state index contributed by atoms with van der Waals surface area (Å²) in [5.74, 6) is 0.453. The van der Waals surface area contributed by atoms with E-state index in [1.54, 1.807) is 29.1 Å². The molecule has 0 saturated heterocycles. The maximum absolute atomic E-state index is 11.7. The minimum absolute atomic E-state index is 0.0935. The van der Waals surface area contributed by atoms with Gasteiger partial charge < -0.3 is 10.3 Å². The number of aromatic nitrogens is 2. The summed E-state index contributed by atoms with van der Waals surface area (Å²) in [5.41, 5.74) is 7.19. The first kappa shape index (κ1) is 11.2. The van der Waals surface area contributed by atoms with Gasteiger partial charge in [0.25, 0.3) is 0 Å². The number of anilines is 2. The van der Waals surface area contributed by atoms with Crippen molar-refractivity contribution in [3.05, 3.63) is 42.2 Å². The molecule has 0 aliphatic rings. The summed E-state index contributed by atoms with van der Waals surface area (Å²) in [5, 5.41) is 2.73. The molecule has 3 N–H and O–H groups in total. The fourth-order valence-corrected chi connectivity index (χ4v) is 1.48. The highest BCUT2D eigenvalue weighted by molar-refractivity contribution is 5.90. The van der Waals surface area contributed by atoms with Crippen LogP contribution in [0.15, 0.2) is 36.7 Å². The Hall–Kier alpha value is -2.30. The van der Waals surface area contributed by atoms with E-state index in [9.17, 15) is 4.79 Å². The van der Waals surface area contributed by atoms with Gasteiger partial charge in [-0.3, -0.25) is 10.1 Å². The molecule has 1 heterocycles. The smallest absolute Gasteiger partial charge is 0.231 e. The number of rotatable bonds is 3. The number of hydrogen-bond acceptors (Lipinski definition) is 3. The average Bonchev–Trinajstić information content (AvgIpc) is 2.68. The largest absolute Gasteiger partial charge is 0.399 e. The molecule has 5 heteroatoms. The van der Waals surface area contributed by atoms with Gasteiger partial charge >= 0.3 is 0 Å². The molecule has 17 heavy (non-hydrogen) atoms. The minimum Gasteiger partial charge on any atom is -0.399 e. The molecule has 0 atom stereocenters. The third-order valence-electron chi connectivity index (χ3n) is 2.42. The number of aryl methyl sites for hydroxylation is 1. The second-order valence-corrected chi connectivity index (χ2v) is 3.83. The monoisotopic (exact) mass is 230 g/mol. The Bertz CT molecular complexity index is 516. The van der Waals surface area contributed by atoms with Crippen LogP contribution in [0.25, 0.3) is 0 Å². The van der Waals surface area contributed by atoms with Crippen LogP contribution < -0.4 is 11.1 Å². The molecule has 0 fully saturated rings. The van der Waals surface area contributed by atoms with Crippen molar-refractivity contribution in [1.29, 1.82) is 0 Å². The molecule has 88 valence electrons. The number of nitrogens with two attached hydrogens (primary N) is 1. The van der Waals surface area contributed by atoms with Crippen LogP contribution in [0.4, 0.5) is 11.6 Å². The van der Waals surface area contributed by atoms with Crippen molar-refractivity contribution < 1.29 is 4.79 Å². The highest BCUT2D eigenvalue weighted by Crippen LogP contribution is 2.07. The van der Waals surface area contributed by atoms with Gasteiger partial charge in [-0.05, 0) is 17.7 Å². The van der Waals surface area contributed by atoms with E-state index < -0.39 is 0 Å². The van der Waals surface area contributed by atoms with Gasteiger partial charge in [-0.2, -0.15) is 0 Å². The van der Waals surface area contributed by atoms with Gasteiger partial charge in [0, 0.05) is 25.1 Å². The number of amides is 1. The standard InChI is InChI=1S/C12H14N4O/c1-16-7-6-14-12(16)15-11(17)8-9-2-4-10(13)5-3-9/h2-7H,8,13H2,1H3,(H,14,15,17). The van der Waals surface area contributed by atoms with Crippen LogP contribution in [0, 0.1) is 0 Å². The number of benzene rings is 1. The normalized spacial score (nSPS) is 10.2. The zero-order valence-corrected chi connectivity index (χ0v) is 9.55. The van der Waals surface area contributed by atoms with Gasteiger partial charge in [0.1, 0.15) is 0 Å². The van der Waals surface area contributed by atoms with Crippen molar-refractivity contribution in [3.8, 4) is 0 Å². The Morgan fingerprint density at radius 1 is 1.41 bits per heavy atom. The van der Waals surface area contributed by atoms with Gasteiger partial charge in [0.15, 0.2) is 0 Å². The van der Waals surface area contributed by atoms with E-state index in [1.165, 1.54) is 0 Å². The number of carbonyl (C=O) groups is 1. The van der Waals surface area contributed by atoms with Gasteiger partial charge in [-0.15, -0.1) is 0 Å². The summed E-state index contributed by atoms with van der Waals surface area (Å²) in [7, 11) is 1.83. The second kappa shape index (κ2) is 4.69. The molecule has 5 nitrogen and oxygen atoms in total. The van der Waals surface area contributed by atoms with Gasteiger partial charge in [0.05, 0.1) is 6.42 Å². The summed E-state index contributed by atoms with van der Waals surface area (Å²) in [6, 6.07) is 7.24. The summed E-state index contributed by atoms with van der Waals surface area (Å²) in [4.78, 5) is 15.7. The fourth-order valence-electron chi connectivity index (χ4n) is 1.48. The van der Waals surface area contributed by atoms with Crippen LogP contribution in [-0.4, -0.2) is 15.5 Å². The fraction of sp³-hybridized carbons (Fsp3) is 0.167. The third-order valence-corrected chi connectivity index (χ3v) is 2.42. The lowest BCUT2D eigenvalue weighted by atomic mass is 10.1. The molecule has 0 aliphatic carbocycles. The number of nitrogens with one attached hydrogen (secondary N) is 1. The predicted molar refractivity (Wildman–Crippen MR) is 66.4 cm³/mol. The lowest BCUT2D eigenvalue weighted by Crippen LogP contribution is -2.17. The number of nitrogen functional groups attached to an aromatic ring is 1. The van der Waals surface area contributed by atoms with E-state index >= 15 is 0 Å². The third kappa shape index (κ3) is 2.84. The van der Waals surface area contributed by atoms with E-state index in [1.807, 2.05) is 19.2 Å². The summed E-state index contributed by atoms with van der Waals surface area (Å²) in [6.45, 7) is 0. The van der Waals surface area contributed by atoms with Crippen LogP contribution in [0.3, 0.4) is 0 Å². The van der Waals surface area contributed by atoms with Crippen LogP contribution >= 0.6 is 0 Å². The molecule has 1 aromatic heterocycles. The van der Waals surface area contributed by atoms with Crippen LogP contribution in [0.2, 0.25) is 0 Å². The molecule has 1 aromatic carbocycles. The SMILES string of the molecule is Cn1ccnc1NC(=O)Cc1ccc(N)cc1. The van der Waals surface area contributed by atoms with Crippen molar-refractivity contribution >= 4 is 17.5 Å². The lowest BCUT2D eigenvalue weighted by Gasteiger charge is -2.05. The Balaban J connectivity index is 1.98. The Morgan fingerprint density at radius 2 is 2.12 bits per heavy atom. The zero-order chi connectivity index (χ0) is 12.3. The van der Waals surface area contributed by atoms with Crippen molar-refractivity contribution in [3.63, 3.8) is 0 Å². The topological polar surface area (TPSA) is 72.9 Å². The summed E-state index contributed by atoms with van der Waals surface area (Å²) < 4.78 is 1.75. The van der Waals surface area contributed by atoms with E-state index in [2.05, 4.69) is 10.3 Å². The first-order valence-electron chi connectivity index (χ1n) is 5.27. The molecule has 2 rings (SSSR count). The molecule has 0 saturated carbocycles. The van der Waals surface area contributed by atoms with Crippen molar-refractivity contribution in [2.24, 2.45) is 7.05 Å². The van der Waals surface area contributed by atoms with E-state index in [4.69, 9.17) is 5.73 Å². The molecule has 0 radical (unpaired) electrons. The molecular formula is C12H14N4O. The molecule has 0 bridgehead atoms. The Kier molecular flexibility index (Phi) is 3.09. The zero-order valence-electron chi connectivity index (χ0n) is 9.55. The lowest BCUT2D eigenvalue weighted by molar-refractivity contribution is -0.115. The quantitative estimate of drug-likeness (QED) is 0.778. The maximum atomic E-state index is 11.7. The highest BCUT2D eigenvalue weighted by atomic mass is 16.1. The Labute approximate surface area is 99.3 Å². The van der Waals surface area contributed by atoms with Crippen LogP contribution in [-0.2, 0) is 18.3 Å². The van der Waals surface area contributed by atoms with Gasteiger partial charge in [-0.25, -0.2) is 4.98 Å². The number of carbonyl (C=O) groups excluding carboxylic acids is 1. The maximum Gasteiger partial charge on any atom is 0.231 e. The predicted octanol–water partition coefficient (Wildman–Crippen LogP) is 1.18. The molecule has 0 spiro atoms. The minimum atomic E-state index is -0.0935. The van der Waals surface area contributed by atoms with E-state index in [0.29, 0.717) is 18.1 Å². The van der Waals surface area contributed by atoms with Crippen molar-refractivity contribution in [2.45, 2.75) is 6.42 Å². The van der Waals surface area contributed by atoms with Gasteiger partial charge in [-0.1, -0.05) is 12.1 Å². The van der Waals surface area contributed by atoms with E-state index in [-0.39, 0.29) is 5.91 Å². The van der Waals surface area contributed by atoms with Crippen LogP contribution in [0.1, 0.15) is 5.56 Å². The molecule has 2 aromatic rings. The first-order valence-corrected chi connectivity index (χ1v) is 5.27. The second-order valence-electron chi connectivity index (χ2n) is 3.83. The molecule has 0 aliphatic heterocycles. The Morgan fingerprint density at radius 3 is 2.71 bits per heavy atom. The average molecular weight is 230 g/mol. The first-order chi connectivity index (χ1) is 8.15. The molecule has 0 unspecified atom stereocenters. The van der Waals surface area contributed by atoms with E-state index in [0.717, 1.165) is 5.56 Å². The molecule has 1 amide bonds. The molecular weight excluding hydrogens is 216 g/mol. The van der Waals surface area contributed by atoms with Crippen molar-refractivity contribution in [1.82, 2.24) is 9.55 Å². The number of hydrogen-bond donors (Lipinski definition) is 2. The highest BCUT2D eigenvalue weighted by Gasteiger charge is 2.06. The van der Waals surface area contributed by atoms with Gasteiger partial charge in [0.2, 0.25) is 11.9 Å². The summed E-state index contributed by atoms with van der Waals surface area (Å²) in [6.07, 6.45) is 3.73. The summed E-state index contributed by atoms with van der Waals surface area (Å²) >= 11 is 0. The number of imidazole rings is 1. The number of nitrogens with zero attached hydrogens (tertiary/aromatic N) is 2. The van der Waals surface area contributed by atoms with Crippen molar-refractivity contribution in [2.75, 3.05) is 11.1 Å².